The molecule has 1 N–H and O–H groups in total. The van der Waals surface area contributed by atoms with Crippen molar-refractivity contribution in [2.24, 2.45) is 0 Å². The molecule has 6 aromatic rings. The van der Waals surface area contributed by atoms with Gasteiger partial charge in [0.2, 0.25) is 5.89 Å². The van der Waals surface area contributed by atoms with Crippen molar-refractivity contribution in [1.82, 2.24) is 9.88 Å². The number of carbonyl (C=O) groups is 1. The summed E-state index contributed by atoms with van der Waals surface area (Å²) < 4.78 is 5.95. The maximum Gasteiger partial charge on any atom is 0.321 e. The maximum atomic E-state index is 13.2. The summed E-state index contributed by atoms with van der Waals surface area (Å²) in [4.78, 5) is 19.9. The molecule has 0 aliphatic carbocycles. The van der Waals surface area contributed by atoms with E-state index in [0.717, 1.165) is 38.9 Å². The van der Waals surface area contributed by atoms with Gasteiger partial charge in [-0.15, -0.1) is 0 Å². The van der Waals surface area contributed by atoms with Crippen LogP contribution in [0.15, 0.2) is 144 Å². The Morgan fingerprint density at radius 2 is 1.24 bits per heavy atom. The molecule has 0 saturated carbocycles. The second-order valence-corrected chi connectivity index (χ2v) is 10.3. The van der Waals surface area contributed by atoms with Crippen molar-refractivity contribution in [3.05, 3.63) is 162 Å². The topological polar surface area (TPSA) is 66.6 Å². The molecule has 0 aliphatic rings. The van der Waals surface area contributed by atoms with Gasteiger partial charge in [0.15, 0.2) is 5.58 Å². The van der Waals surface area contributed by atoms with Crippen molar-refractivity contribution in [3.63, 3.8) is 0 Å². The molecule has 0 spiro atoms. The highest BCUT2D eigenvalue weighted by Crippen LogP contribution is 2.44. The number of benzene rings is 5. The largest absolute Gasteiger partial charge is 0.480 e. The van der Waals surface area contributed by atoms with Crippen molar-refractivity contribution >= 4 is 17.1 Å². The molecule has 1 unspecified atom stereocenters. The van der Waals surface area contributed by atoms with Gasteiger partial charge in [-0.25, -0.2) is 4.98 Å². The Labute approximate surface area is 245 Å². The summed E-state index contributed by atoms with van der Waals surface area (Å²) in [5, 5.41) is 10.8. The average molecular weight is 553 g/mol. The number of carboxylic acid groups (broad SMARTS) is 1. The van der Waals surface area contributed by atoms with Gasteiger partial charge in [-0.2, -0.15) is 0 Å². The normalized spacial score (nSPS) is 12.4. The fourth-order valence-corrected chi connectivity index (χ4v) is 6.06. The molecule has 0 fully saturated rings. The second kappa shape index (κ2) is 11.9. The maximum absolute atomic E-state index is 13.2. The van der Waals surface area contributed by atoms with Crippen molar-refractivity contribution in [3.8, 4) is 11.5 Å². The molecular weight excluding hydrogens is 520 g/mol. The van der Waals surface area contributed by atoms with E-state index < -0.39 is 17.6 Å². The number of nitrogens with zero attached hydrogens (tertiary/aromatic N) is 2. The molecule has 0 bridgehead atoms. The van der Waals surface area contributed by atoms with E-state index in [0.29, 0.717) is 18.9 Å². The molecule has 0 amide bonds. The fourth-order valence-electron chi connectivity index (χ4n) is 6.06. The summed E-state index contributed by atoms with van der Waals surface area (Å²) in [6, 6.07) is 45.4. The number of aliphatic carboxylic acids is 1. The van der Waals surface area contributed by atoms with Crippen LogP contribution in [0.5, 0.6) is 0 Å². The zero-order chi connectivity index (χ0) is 28.9. The van der Waals surface area contributed by atoms with Crippen LogP contribution in [0.4, 0.5) is 0 Å². The summed E-state index contributed by atoms with van der Waals surface area (Å²) >= 11 is 0. The molecule has 1 atom stereocenters. The third kappa shape index (κ3) is 5.00. The van der Waals surface area contributed by atoms with Crippen LogP contribution in [-0.2, 0) is 16.8 Å². The van der Waals surface area contributed by atoms with E-state index in [1.54, 1.807) is 0 Å². The molecule has 1 heterocycles. The first kappa shape index (κ1) is 27.2. The van der Waals surface area contributed by atoms with E-state index in [9.17, 15) is 9.90 Å². The van der Waals surface area contributed by atoms with Gasteiger partial charge in [-0.05, 0) is 59.5 Å². The molecule has 1 aromatic heterocycles. The van der Waals surface area contributed by atoms with Crippen molar-refractivity contribution in [2.75, 3.05) is 6.54 Å². The highest BCUT2D eigenvalue weighted by atomic mass is 16.4. The first-order chi connectivity index (χ1) is 20.6. The first-order valence-corrected chi connectivity index (χ1v) is 14.2. The molecular formula is C37H32N2O3. The van der Waals surface area contributed by atoms with Crippen LogP contribution in [0.25, 0.3) is 22.6 Å². The minimum Gasteiger partial charge on any atom is -0.480 e. The summed E-state index contributed by atoms with van der Waals surface area (Å²) in [6.45, 7) is 2.55. The van der Waals surface area contributed by atoms with Crippen molar-refractivity contribution < 1.29 is 14.3 Å². The number of para-hydroxylation sites is 2. The number of likely N-dealkylation sites (N-methyl/N-ethyl adjacent to an activating group) is 1. The van der Waals surface area contributed by atoms with Crippen LogP contribution in [-0.4, -0.2) is 33.5 Å². The van der Waals surface area contributed by atoms with E-state index in [2.05, 4.69) is 46.3 Å². The van der Waals surface area contributed by atoms with Gasteiger partial charge in [0.1, 0.15) is 11.6 Å². The Kier molecular flexibility index (Phi) is 7.67. The van der Waals surface area contributed by atoms with Crippen molar-refractivity contribution in [1.29, 1.82) is 0 Å². The summed E-state index contributed by atoms with van der Waals surface area (Å²) in [5.41, 5.74) is 5.52. The lowest BCUT2D eigenvalue weighted by molar-refractivity contribution is -0.145. The molecule has 0 saturated heterocycles. The number of carboxylic acids is 1. The highest BCUT2D eigenvalue weighted by molar-refractivity contribution is 5.76. The quantitative estimate of drug-likeness (QED) is 0.176. The van der Waals surface area contributed by atoms with Crippen LogP contribution >= 0.6 is 0 Å². The zero-order valence-electron chi connectivity index (χ0n) is 23.4. The standard InChI is InChI=1S/C37H32N2O3/c1-2-39(37(29-14-6-3-7-15-29,30-16-8-4-9-17-30)31-18-10-5-11-19-31)33(36(40)41)26-27-22-24-28(25-23-27)35-38-32-20-12-13-21-34(32)42-35/h3-25,33H,2,26H2,1H3,(H,40,41). The number of hydrogen-bond acceptors (Lipinski definition) is 4. The lowest BCUT2D eigenvalue weighted by Crippen LogP contribution is -2.56. The lowest BCUT2D eigenvalue weighted by atomic mass is 9.74. The number of oxazole rings is 1. The monoisotopic (exact) mass is 552 g/mol. The predicted molar refractivity (Wildman–Crippen MR) is 166 cm³/mol. The van der Waals surface area contributed by atoms with Gasteiger partial charge in [0.05, 0.1) is 5.54 Å². The summed E-state index contributed by atoms with van der Waals surface area (Å²) in [7, 11) is 0. The van der Waals surface area contributed by atoms with Crippen LogP contribution in [0.2, 0.25) is 0 Å². The first-order valence-electron chi connectivity index (χ1n) is 14.2. The SMILES string of the molecule is CCN(C(Cc1ccc(-c2nc3ccccc3o2)cc1)C(=O)O)C(c1ccccc1)(c1ccccc1)c1ccccc1. The van der Waals surface area contributed by atoms with Crippen molar-refractivity contribution in [2.45, 2.75) is 24.9 Å². The predicted octanol–water partition coefficient (Wildman–Crippen LogP) is 7.80. The second-order valence-electron chi connectivity index (χ2n) is 10.3. The van der Waals surface area contributed by atoms with Gasteiger partial charge < -0.3 is 9.52 Å². The van der Waals surface area contributed by atoms with Gasteiger partial charge in [-0.3, -0.25) is 9.69 Å². The van der Waals surface area contributed by atoms with E-state index in [1.807, 2.05) is 110 Å². The van der Waals surface area contributed by atoms with E-state index in [4.69, 9.17) is 4.42 Å². The van der Waals surface area contributed by atoms with E-state index in [1.165, 1.54) is 0 Å². The van der Waals surface area contributed by atoms with Crippen LogP contribution in [0.3, 0.4) is 0 Å². The van der Waals surface area contributed by atoms with E-state index in [-0.39, 0.29) is 0 Å². The lowest BCUT2D eigenvalue weighted by Gasteiger charge is -2.48. The number of hydrogen-bond donors (Lipinski definition) is 1. The minimum absolute atomic E-state index is 0.325. The Balaban J connectivity index is 1.44. The van der Waals surface area contributed by atoms with Gasteiger partial charge >= 0.3 is 5.97 Å². The Hall–Kier alpha value is -5.00. The molecule has 5 heteroatoms. The van der Waals surface area contributed by atoms with Crippen LogP contribution in [0.1, 0.15) is 29.2 Å². The zero-order valence-corrected chi connectivity index (χ0v) is 23.4. The summed E-state index contributed by atoms with van der Waals surface area (Å²) in [5.74, 6) is -0.323. The molecule has 42 heavy (non-hydrogen) atoms. The molecule has 0 radical (unpaired) electrons. The van der Waals surface area contributed by atoms with Gasteiger partial charge in [-0.1, -0.05) is 122 Å². The van der Waals surface area contributed by atoms with Gasteiger partial charge in [0, 0.05) is 5.56 Å². The number of rotatable bonds is 10. The molecule has 6 rings (SSSR count). The summed E-state index contributed by atoms with van der Waals surface area (Å²) in [6.07, 6.45) is 0.325. The highest BCUT2D eigenvalue weighted by Gasteiger charge is 2.46. The average Bonchev–Trinajstić information content (AvgIpc) is 3.49. The number of aromatic nitrogens is 1. The Bertz CT molecular complexity index is 1640. The molecule has 0 aliphatic heterocycles. The van der Waals surface area contributed by atoms with Crippen LogP contribution < -0.4 is 0 Å². The van der Waals surface area contributed by atoms with E-state index >= 15 is 0 Å². The third-order valence-electron chi connectivity index (χ3n) is 7.93. The molecule has 5 nitrogen and oxygen atoms in total. The fraction of sp³-hybridized carbons (Fsp3) is 0.135. The molecule has 5 aromatic carbocycles. The van der Waals surface area contributed by atoms with Gasteiger partial charge in [0.25, 0.3) is 0 Å². The van der Waals surface area contributed by atoms with Crippen LogP contribution in [0, 0.1) is 0 Å². The Morgan fingerprint density at radius 1 is 0.738 bits per heavy atom. The number of fused-ring (bicyclic) bond motifs is 1. The molecule has 208 valence electrons. The third-order valence-corrected chi connectivity index (χ3v) is 7.93. The Morgan fingerprint density at radius 3 is 1.71 bits per heavy atom. The smallest absolute Gasteiger partial charge is 0.321 e. The minimum atomic E-state index is -0.868.